The van der Waals surface area contributed by atoms with Gasteiger partial charge in [-0.3, -0.25) is 10.1 Å². The molecule has 17 heavy (non-hydrogen) atoms. The quantitative estimate of drug-likeness (QED) is 0.559. The SMILES string of the molecule is CCC(COC)Nc1nc(N)ncc1[N+](=O)[O-]. The molecule has 0 bridgehead atoms. The summed E-state index contributed by atoms with van der Waals surface area (Å²) in [5, 5.41) is 13.7. The number of methoxy groups -OCH3 is 1. The topological polar surface area (TPSA) is 116 Å². The Hall–Kier alpha value is -1.96. The third kappa shape index (κ3) is 3.52. The van der Waals surface area contributed by atoms with Gasteiger partial charge in [-0.25, -0.2) is 4.98 Å². The van der Waals surface area contributed by atoms with Crippen molar-refractivity contribution < 1.29 is 9.66 Å². The Morgan fingerprint density at radius 3 is 2.94 bits per heavy atom. The third-order valence-electron chi connectivity index (χ3n) is 2.19. The van der Waals surface area contributed by atoms with Crippen LogP contribution >= 0.6 is 0 Å². The summed E-state index contributed by atoms with van der Waals surface area (Å²) < 4.78 is 4.99. The van der Waals surface area contributed by atoms with E-state index in [4.69, 9.17) is 10.5 Å². The number of hydrogen-bond acceptors (Lipinski definition) is 7. The number of anilines is 2. The Morgan fingerprint density at radius 1 is 1.71 bits per heavy atom. The Labute approximate surface area is 98.4 Å². The van der Waals surface area contributed by atoms with Gasteiger partial charge in [-0.05, 0) is 6.42 Å². The number of nitrogens with two attached hydrogens (primary N) is 1. The van der Waals surface area contributed by atoms with Gasteiger partial charge in [-0.1, -0.05) is 6.92 Å². The second-order valence-electron chi connectivity index (χ2n) is 3.42. The van der Waals surface area contributed by atoms with Gasteiger partial charge in [0.05, 0.1) is 17.6 Å². The molecule has 8 heteroatoms. The van der Waals surface area contributed by atoms with E-state index in [2.05, 4.69) is 15.3 Å². The van der Waals surface area contributed by atoms with Gasteiger partial charge in [-0.15, -0.1) is 0 Å². The minimum absolute atomic E-state index is 0.00892. The van der Waals surface area contributed by atoms with E-state index < -0.39 is 4.92 Å². The molecule has 8 nitrogen and oxygen atoms in total. The molecule has 0 aromatic carbocycles. The van der Waals surface area contributed by atoms with E-state index in [1.54, 1.807) is 7.11 Å². The van der Waals surface area contributed by atoms with Crippen LogP contribution in [0, 0.1) is 10.1 Å². The lowest BCUT2D eigenvalue weighted by atomic mass is 10.2. The lowest BCUT2D eigenvalue weighted by Crippen LogP contribution is -2.25. The van der Waals surface area contributed by atoms with Gasteiger partial charge in [0.25, 0.3) is 0 Å². The standard InChI is InChI=1S/C9H15N5O3/c1-3-6(5-17-2)12-8-7(14(15)16)4-11-9(10)13-8/h4,6H,3,5H2,1-2H3,(H3,10,11,12,13). The van der Waals surface area contributed by atoms with Crippen LogP contribution in [-0.4, -0.2) is 34.6 Å². The fraction of sp³-hybridized carbons (Fsp3) is 0.556. The third-order valence-corrected chi connectivity index (χ3v) is 2.19. The number of hydrogen-bond donors (Lipinski definition) is 2. The van der Waals surface area contributed by atoms with Gasteiger partial charge in [-0.2, -0.15) is 4.98 Å². The molecule has 3 N–H and O–H groups in total. The van der Waals surface area contributed by atoms with Crippen molar-refractivity contribution in [3.05, 3.63) is 16.3 Å². The number of nitrogens with zero attached hydrogens (tertiary/aromatic N) is 3. The highest BCUT2D eigenvalue weighted by molar-refractivity contribution is 5.56. The Balaban J connectivity index is 2.94. The van der Waals surface area contributed by atoms with Crippen molar-refractivity contribution in [1.29, 1.82) is 0 Å². The summed E-state index contributed by atoms with van der Waals surface area (Å²) in [4.78, 5) is 17.6. The average Bonchev–Trinajstić information content (AvgIpc) is 2.28. The maximum absolute atomic E-state index is 10.8. The minimum Gasteiger partial charge on any atom is -0.383 e. The smallest absolute Gasteiger partial charge is 0.329 e. The monoisotopic (exact) mass is 241 g/mol. The lowest BCUT2D eigenvalue weighted by Gasteiger charge is -2.16. The molecular formula is C9H15N5O3. The molecular weight excluding hydrogens is 226 g/mol. The van der Waals surface area contributed by atoms with Crippen molar-refractivity contribution in [3.63, 3.8) is 0 Å². The molecule has 0 fully saturated rings. The Bertz CT molecular complexity index is 398. The summed E-state index contributed by atoms with van der Waals surface area (Å²) >= 11 is 0. The highest BCUT2D eigenvalue weighted by atomic mass is 16.6. The van der Waals surface area contributed by atoms with Crippen LogP contribution in [-0.2, 0) is 4.74 Å². The van der Waals surface area contributed by atoms with Crippen LogP contribution < -0.4 is 11.1 Å². The van der Waals surface area contributed by atoms with E-state index in [9.17, 15) is 10.1 Å². The van der Waals surface area contributed by atoms with Crippen molar-refractivity contribution >= 4 is 17.5 Å². The highest BCUT2D eigenvalue weighted by Crippen LogP contribution is 2.22. The molecule has 1 atom stereocenters. The summed E-state index contributed by atoms with van der Waals surface area (Å²) in [6, 6.07) is -0.0620. The zero-order chi connectivity index (χ0) is 12.8. The van der Waals surface area contributed by atoms with Gasteiger partial charge in [0.15, 0.2) is 0 Å². The first-order valence-corrected chi connectivity index (χ1v) is 5.10. The summed E-state index contributed by atoms with van der Waals surface area (Å²) in [5.41, 5.74) is 5.20. The number of nitro groups is 1. The van der Waals surface area contributed by atoms with Gasteiger partial charge >= 0.3 is 5.69 Å². The fourth-order valence-electron chi connectivity index (χ4n) is 1.29. The highest BCUT2D eigenvalue weighted by Gasteiger charge is 2.19. The van der Waals surface area contributed by atoms with Crippen LogP contribution in [0.25, 0.3) is 0 Å². The zero-order valence-electron chi connectivity index (χ0n) is 9.71. The van der Waals surface area contributed by atoms with Gasteiger partial charge < -0.3 is 15.8 Å². The first kappa shape index (κ1) is 13.1. The van der Waals surface area contributed by atoms with Crippen LogP contribution in [0.4, 0.5) is 17.5 Å². The van der Waals surface area contributed by atoms with E-state index in [-0.39, 0.29) is 23.5 Å². The molecule has 94 valence electrons. The van der Waals surface area contributed by atoms with Gasteiger partial charge in [0.1, 0.15) is 6.20 Å². The summed E-state index contributed by atoms with van der Waals surface area (Å²) in [5.74, 6) is 0.108. The number of rotatable bonds is 6. The van der Waals surface area contributed by atoms with Gasteiger partial charge in [0.2, 0.25) is 11.8 Å². The summed E-state index contributed by atoms with van der Waals surface area (Å²) in [6.45, 7) is 2.37. The van der Waals surface area contributed by atoms with Crippen LogP contribution in [0.2, 0.25) is 0 Å². The van der Waals surface area contributed by atoms with E-state index in [1.807, 2.05) is 6.92 Å². The predicted molar refractivity (Wildman–Crippen MR) is 62.7 cm³/mol. The summed E-state index contributed by atoms with van der Waals surface area (Å²) in [7, 11) is 1.56. The molecule has 0 saturated carbocycles. The van der Waals surface area contributed by atoms with Crippen molar-refractivity contribution in [3.8, 4) is 0 Å². The number of nitrogens with one attached hydrogen (secondary N) is 1. The molecule has 0 aliphatic rings. The molecule has 1 aromatic rings. The van der Waals surface area contributed by atoms with E-state index in [1.165, 1.54) is 0 Å². The summed E-state index contributed by atoms with van der Waals surface area (Å²) in [6.07, 6.45) is 1.83. The average molecular weight is 241 g/mol. The van der Waals surface area contributed by atoms with Crippen molar-refractivity contribution in [2.24, 2.45) is 0 Å². The maximum atomic E-state index is 10.8. The molecule has 0 radical (unpaired) electrons. The van der Waals surface area contributed by atoms with Crippen LogP contribution in [0.1, 0.15) is 13.3 Å². The molecule has 0 aliphatic carbocycles. The van der Waals surface area contributed by atoms with E-state index >= 15 is 0 Å². The zero-order valence-corrected chi connectivity index (χ0v) is 9.71. The second kappa shape index (κ2) is 5.94. The normalized spacial score (nSPS) is 12.1. The largest absolute Gasteiger partial charge is 0.383 e. The predicted octanol–water partition coefficient (Wildman–Crippen LogP) is 0.804. The molecule has 1 aromatic heterocycles. The van der Waals surface area contributed by atoms with Gasteiger partial charge in [0, 0.05) is 7.11 Å². The van der Waals surface area contributed by atoms with Crippen LogP contribution in [0.5, 0.6) is 0 Å². The lowest BCUT2D eigenvalue weighted by molar-refractivity contribution is -0.384. The Kier molecular flexibility index (Phi) is 4.58. The van der Waals surface area contributed by atoms with Crippen molar-refractivity contribution in [1.82, 2.24) is 9.97 Å². The van der Waals surface area contributed by atoms with Crippen molar-refractivity contribution in [2.75, 3.05) is 24.8 Å². The second-order valence-corrected chi connectivity index (χ2v) is 3.42. The van der Waals surface area contributed by atoms with E-state index in [0.717, 1.165) is 12.6 Å². The molecule has 0 aliphatic heterocycles. The molecule has 1 unspecified atom stereocenters. The number of aromatic nitrogens is 2. The van der Waals surface area contributed by atoms with Crippen LogP contribution in [0.15, 0.2) is 6.20 Å². The Morgan fingerprint density at radius 2 is 2.41 bits per heavy atom. The number of nitrogen functional groups attached to an aromatic ring is 1. The van der Waals surface area contributed by atoms with Crippen molar-refractivity contribution in [2.45, 2.75) is 19.4 Å². The molecule has 1 heterocycles. The minimum atomic E-state index is -0.554. The maximum Gasteiger partial charge on any atom is 0.329 e. The first-order chi connectivity index (χ1) is 8.08. The van der Waals surface area contributed by atoms with Crippen LogP contribution in [0.3, 0.4) is 0 Å². The van der Waals surface area contributed by atoms with E-state index in [0.29, 0.717) is 6.61 Å². The molecule has 0 amide bonds. The molecule has 0 saturated heterocycles. The first-order valence-electron chi connectivity index (χ1n) is 5.10. The molecule has 0 spiro atoms. The number of ether oxygens (including phenoxy) is 1. The fourth-order valence-corrected chi connectivity index (χ4v) is 1.29. The molecule has 1 rings (SSSR count).